The van der Waals surface area contributed by atoms with Gasteiger partial charge in [-0.1, -0.05) is 91.1 Å². The zero-order valence-corrected chi connectivity index (χ0v) is 16.5. The van der Waals surface area contributed by atoms with Crippen molar-refractivity contribution in [3.8, 4) is 0 Å². The monoisotopic (exact) mass is 353 g/mol. The first-order valence-corrected chi connectivity index (χ1v) is 10.2. The molecule has 1 atom stereocenters. The number of primary amides is 1. The normalized spacial score (nSPS) is 13.2. The molecule has 0 fully saturated rings. The molecule has 0 aliphatic heterocycles. The maximum atomic E-state index is 11.7. The number of rotatable bonds is 17. The SMILES string of the molecule is C=CC(=O)OC(CC)(CCCCCCCCCCCCCC)C(N)=O. The first-order valence-electron chi connectivity index (χ1n) is 10.2. The van der Waals surface area contributed by atoms with Crippen molar-refractivity contribution in [2.24, 2.45) is 5.73 Å². The summed E-state index contributed by atoms with van der Waals surface area (Å²) in [6, 6.07) is 0. The van der Waals surface area contributed by atoms with Crippen molar-refractivity contribution in [1.29, 1.82) is 0 Å². The van der Waals surface area contributed by atoms with Crippen LogP contribution in [0.5, 0.6) is 0 Å². The Balaban J connectivity index is 3.80. The minimum absolute atomic E-state index is 0.403. The van der Waals surface area contributed by atoms with E-state index in [2.05, 4.69) is 13.5 Å². The van der Waals surface area contributed by atoms with E-state index in [0.717, 1.165) is 25.3 Å². The van der Waals surface area contributed by atoms with Crippen LogP contribution in [0.25, 0.3) is 0 Å². The van der Waals surface area contributed by atoms with Crippen molar-refractivity contribution < 1.29 is 14.3 Å². The van der Waals surface area contributed by atoms with Crippen LogP contribution in [0.4, 0.5) is 0 Å². The zero-order valence-electron chi connectivity index (χ0n) is 16.5. The van der Waals surface area contributed by atoms with Crippen molar-refractivity contribution in [2.75, 3.05) is 0 Å². The number of ether oxygens (including phenoxy) is 1. The van der Waals surface area contributed by atoms with Gasteiger partial charge in [-0.2, -0.15) is 0 Å². The topological polar surface area (TPSA) is 69.4 Å². The fourth-order valence-electron chi connectivity index (χ4n) is 3.13. The predicted octanol–water partition coefficient (Wildman–Crippen LogP) is 5.44. The van der Waals surface area contributed by atoms with Gasteiger partial charge in [0.05, 0.1) is 0 Å². The van der Waals surface area contributed by atoms with Gasteiger partial charge >= 0.3 is 5.97 Å². The van der Waals surface area contributed by atoms with E-state index in [9.17, 15) is 9.59 Å². The molecular weight excluding hydrogens is 314 g/mol. The summed E-state index contributed by atoms with van der Waals surface area (Å²) in [5.74, 6) is -1.15. The summed E-state index contributed by atoms with van der Waals surface area (Å²) >= 11 is 0. The summed E-state index contributed by atoms with van der Waals surface area (Å²) in [5.41, 5.74) is 4.30. The Labute approximate surface area is 154 Å². The van der Waals surface area contributed by atoms with Gasteiger partial charge in [0.1, 0.15) is 0 Å². The smallest absolute Gasteiger partial charge is 0.331 e. The maximum Gasteiger partial charge on any atom is 0.331 e. The summed E-state index contributed by atoms with van der Waals surface area (Å²) < 4.78 is 5.27. The average Bonchev–Trinajstić information content (AvgIpc) is 2.61. The van der Waals surface area contributed by atoms with Gasteiger partial charge in [0.15, 0.2) is 5.60 Å². The van der Waals surface area contributed by atoms with E-state index in [1.54, 1.807) is 0 Å². The third-order valence-corrected chi connectivity index (χ3v) is 4.92. The number of carbonyl (C=O) groups excluding carboxylic acids is 2. The molecule has 0 spiro atoms. The molecular formula is C21H39NO3. The molecule has 0 aromatic heterocycles. The van der Waals surface area contributed by atoms with E-state index in [1.165, 1.54) is 57.8 Å². The second kappa shape index (κ2) is 15.0. The fourth-order valence-corrected chi connectivity index (χ4v) is 3.13. The molecule has 4 heteroatoms. The average molecular weight is 354 g/mol. The van der Waals surface area contributed by atoms with Gasteiger partial charge in [-0.15, -0.1) is 0 Å². The molecule has 0 bridgehead atoms. The van der Waals surface area contributed by atoms with Crippen molar-refractivity contribution >= 4 is 11.9 Å². The lowest BCUT2D eigenvalue weighted by Gasteiger charge is -2.28. The molecule has 25 heavy (non-hydrogen) atoms. The largest absolute Gasteiger partial charge is 0.446 e. The van der Waals surface area contributed by atoms with E-state index in [-0.39, 0.29) is 0 Å². The van der Waals surface area contributed by atoms with Crippen molar-refractivity contribution in [3.05, 3.63) is 12.7 Å². The molecule has 0 radical (unpaired) electrons. The number of nitrogens with two attached hydrogens (primary N) is 1. The first kappa shape index (κ1) is 23.7. The van der Waals surface area contributed by atoms with Crippen LogP contribution in [0, 0.1) is 0 Å². The lowest BCUT2D eigenvalue weighted by molar-refractivity contribution is -0.164. The van der Waals surface area contributed by atoms with Gasteiger partial charge in [-0.3, -0.25) is 4.79 Å². The molecule has 0 aromatic rings. The molecule has 0 aromatic carbocycles. The minimum Gasteiger partial charge on any atom is -0.446 e. The minimum atomic E-state index is -1.18. The molecule has 146 valence electrons. The highest BCUT2D eigenvalue weighted by Gasteiger charge is 2.37. The molecule has 0 rings (SSSR count). The van der Waals surface area contributed by atoms with E-state index in [4.69, 9.17) is 10.5 Å². The number of amides is 1. The highest BCUT2D eigenvalue weighted by molar-refractivity contribution is 5.89. The molecule has 0 aliphatic rings. The molecule has 0 heterocycles. The molecule has 1 unspecified atom stereocenters. The van der Waals surface area contributed by atoms with Gasteiger partial charge in [0.25, 0.3) is 5.91 Å². The quantitative estimate of drug-likeness (QED) is 0.215. The van der Waals surface area contributed by atoms with Gasteiger partial charge in [0.2, 0.25) is 0 Å². The van der Waals surface area contributed by atoms with E-state index in [0.29, 0.717) is 12.8 Å². The molecule has 2 N–H and O–H groups in total. The Hall–Kier alpha value is -1.32. The Kier molecular flexibility index (Phi) is 14.2. The lowest BCUT2D eigenvalue weighted by atomic mass is 9.91. The molecule has 0 saturated heterocycles. The fraction of sp³-hybridized carbons (Fsp3) is 0.810. The summed E-state index contributed by atoms with van der Waals surface area (Å²) in [4.78, 5) is 23.2. The zero-order chi connectivity index (χ0) is 19.0. The Morgan fingerprint density at radius 2 is 1.32 bits per heavy atom. The Bertz CT molecular complexity index is 381. The second-order valence-electron chi connectivity index (χ2n) is 6.98. The van der Waals surface area contributed by atoms with Gasteiger partial charge in [0, 0.05) is 6.08 Å². The lowest BCUT2D eigenvalue weighted by Crippen LogP contribution is -2.47. The number of carbonyl (C=O) groups is 2. The second-order valence-corrected chi connectivity index (χ2v) is 6.98. The van der Waals surface area contributed by atoms with Crippen LogP contribution >= 0.6 is 0 Å². The Morgan fingerprint density at radius 1 is 0.880 bits per heavy atom. The van der Waals surface area contributed by atoms with E-state index in [1.807, 2.05) is 6.92 Å². The number of unbranched alkanes of at least 4 members (excludes halogenated alkanes) is 11. The van der Waals surface area contributed by atoms with E-state index >= 15 is 0 Å². The Morgan fingerprint density at radius 3 is 1.68 bits per heavy atom. The molecule has 0 aliphatic carbocycles. The van der Waals surface area contributed by atoms with Crippen LogP contribution < -0.4 is 5.73 Å². The maximum absolute atomic E-state index is 11.7. The number of hydrogen-bond donors (Lipinski definition) is 1. The summed E-state index contributed by atoms with van der Waals surface area (Å²) in [7, 11) is 0. The standard InChI is InChI=1S/C21H39NO3/c1-4-7-8-9-10-11-12-13-14-15-16-17-18-21(6-3,20(22)24)25-19(23)5-2/h5H,2,4,6-18H2,1,3H3,(H2,22,24). The highest BCUT2D eigenvalue weighted by atomic mass is 16.6. The summed E-state index contributed by atoms with van der Waals surface area (Å²) in [6.07, 6.45) is 17.0. The molecule has 1 amide bonds. The van der Waals surface area contributed by atoms with Crippen LogP contribution in [0.2, 0.25) is 0 Å². The third-order valence-electron chi connectivity index (χ3n) is 4.92. The highest BCUT2D eigenvalue weighted by Crippen LogP contribution is 2.24. The van der Waals surface area contributed by atoms with Crippen LogP contribution in [0.3, 0.4) is 0 Å². The number of esters is 1. The molecule has 4 nitrogen and oxygen atoms in total. The van der Waals surface area contributed by atoms with Crippen molar-refractivity contribution in [1.82, 2.24) is 0 Å². The predicted molar refractivity (Wildman–Crippen MR) is 104 cm³/mol. The summed E-state index contributed by atoms with van der Waals surface area (Å²) in [5, 5.41) is 0. The third kappa shape index (κ3) is 11.0. The van der Waals surface area contributed by atoms with Crippen molar-refractivity contribution in [3.63, 3.8) is 0 Å². The van der Waals surface area contributed by atoms with Crippen LogP contribution in [0.15, 0.2) is 12.7 Å². The summed E-state index contributed by atoms with van der Waals surface area (Å²) in [6.45, 7) is 7.45. The van der Waals surface area contributed by atoms with E-state index < -0.39 is 17.5 Å². The van der Waals surface area contributed by atoms with Gasteiger partial charge < -0.3 is 10.5 Å². The van der Waals surface area contributed by atoms with Crippen LogP contribution in [0.1, 0.15) is 104 Å². The van der Waals surface area contributed by atoms with Crippen molar-refractivity contribution in [2.45, 2.75) is 109 Å². The first-order chi connectivity index (χ1) is 12.0. The van der Waals surface area contributed by atoms with Crippen LogP contribution in [-0.2, 0) is 14.3 Å². The van der Waals surface area contributed by atoms with Gasteiger partial charge in [-0.05, 0) is 19.3 Å². The van der Waals surface area contributed by atoms with Crippen LogP contribution in [-0.4, -0.2) is 17.5 Å². The number of hydrogen-bond acceptors (Lipinski definition) is 3. The molecule has 0 saturated carbocycles. The van der Waals surface area contributed by atoms with Gasteiger partial charge in [-0.25, -0.2) is 4.79 Å².